The van der Waals surface area contributed by atoms with Crippen LogP contribution in [0.15, 0.2) is 42.5 Å². The SMILES string of the molecule is Cc1[nH]c(/C=C2\C(=O)Nc3ccc(F)cc32)c(C)c1C(=O)NCC(=O)NCCCCCC(=O)Nc1ccccc1N. The number of anilines is 3. The lowest BCUT2D eigenvalue weighted by Crippen LogP contribution is -2.37. The molecule has 0 saturated heterocycles. The summed E-state index contributed by atoms with van der Waals surface area (Å²) < 4.78 is 13.8. The van der Waals surface area contributed by atoms with Gasteiger partial charge in [-0.2, -0.15) is 0 Å². The van der Waals surface area contributed by atoms with Crippen molar-refractivity contribution in [3.63, 3.8) is 0 Å². The van der Waals surface area contributed by atoms with Gasteiger partial charge in [-0.1, -0.05) is 18.6 Å². The molecule has 214 valence electrons. The van der Waals surface area contributed by atoms with Gasteiger partial charge < -0.3 is 32.0 Å². The van der Waals surface area contributed by atoms with E-state index >= 15 is 0 Å². The van der Waals surface area contributed by atoms with E-state index in [-0.39, 0.29) is 29.8 Å². The molecule has 0 bridgehead atoms. The lowest BCUT2D eigenvalue weighted by molar-refractivity contribution is -0.120. The van der Waals surface area contributed by atoms with Crippen LogP contribution in [0.3, 0.4) is 0 Å². The predicted molar refractivity (Wildman–Crippen MR) is 156 cm³/mol. The van der Waals surface area contributed by atoms with Crippen LogP contribution in [0.1, 0.15) is 58.6 Å². The number of H-pyrrole nitrogens is 1. The van der Waals surface area contributed by atoms with Gasteiger partial charge in [-0.3, -0.25) is 19.2 Å². The summed E-state index contributed by atoms with van der Waals surface area (Å²) in [6.07, 6.45) is 4.04. The van der Waals surface area contributed by atoms with Crippen molar-refractivity contribution in [2.45, 2.75) is 39.5 Å². The lowest BCUT2D eigenvalue weighted by Gasteiger charge is -2.09. The minimum absolute atomic E-state index is 0.116. The van der Waals surface area contributed by atoms with Gasteiger partial charge in [0.25, 0.3) is 11.8 Å². The van der Waals surface area contributed by atoms with Crippen LogP contribution in [-0.4, -0.2) is 41.7 Å². The molecule has 4 rings (SSSR count). The van der Waals surface area contributed by atoms with Crippen molar-refractivity contribution >= 4 is 52.3 Å². The summed E-state index contributed by atoms with van der Waals surface area (Å²) in [5.74, 6) is -1.69. The predicted octanol–water partition coefficient (Wildman–Crippen LogP) is 3.89. The Labute approximate surface area is 237 Å². The quantitative estimate of drug-likeness (QED) is 0.119. The van der Waals surface area contributed by atoms with Crippen LogP contribution in [0.2, 0.25) is 0 Å². The van der Waals surface area contributed by atoms with Crippen LogP contribution in [-0.2, 0) is 14.4 Å². The normalized spacial score (nSPS) is 13.0. The summed E-state index contributed by atoms with van der Waals surface area (Å²) in [6, 6.07) is 11.1. The van der Waals surface area contributed by atoms with Crippen molar-refractivity contribution in [2.24, 2.45) is 0 Å². The summed E-state index contributed by atoms with van der Waals surface area (Å²) in [6.45, 7) is 3.68. The third kappa shape index (κ3) is 7.18. The molecule has 0 radical (unpaired) electrons. The van der Waals surface area contributed by atoms with E-state index in [4.69, 9.17) is 5.73 Å². The monoisotopic (exact) mass is 560 g/mol. The third-order valence-electron chi connectivity index (χ3n) is 6.80. The first kappa shape index (κ1) is 29.1. The van der Waals surface area contributed by atoms with Crippen LogP contribution >= 0.6 is 0 Å². The number of fused-ring (bicyclic) bond motifs is 1. The van der Waals surface area contributed by atoms with Crippen LogP contribution in [0.25, 0.3) is 11.6 Å². The largest absolute Gasteiger partial charge is 0.397 e. The molecule has 10 nitrogen and oxygen atoms in total. The number of para-hydroxylation sites is 2. The molecule has 1 aliphatic heterocycles. The smallest absolute Gasteiger partial charge is 0.256 e. The molecule has 0 saturated carbocycles. The number of hydrogen-bond acceptors (Lipinski definition) is 5. The van der Waals surface area contributed by atoms with E-state index in [1.165, 1.54) is 18.2 Å². The van der Waals surface area contributed by atoms with Gasteiger partial charge in [-0.25, -0.2) is 4.39 Å². The molecule has 0 atom stereocenters. The van der Waals surface area contributed by atoms with Crippen molar-refractivity contribution in [3.05, 3.63) is 76.4 Å². The molecule has 7 N–H and O–H groups in total. The second-order valence-corrected chi connectivity index (χ2v) is 9.84. The molecule has 1 aromatic heterocycles. The first-order chi connectivity index (χ1) is 19.6. The maximum atomic E-state index is 13.8. The highest BCUT2D eigenvalue weighted by Gasteiger charge is 2.26. The van der Waals surface area contributed by atoms with Crippen LogP contribution in [0, 0.1) is 19.7 Å². The second-order valence-electron chi connectivity index (χ2n) is 9.84. The number of amides is 4. The fourth-order valence-corrected chi connectivity index (χ4v) is 4.66. The molecule has 4 amide bonds. The van der Waals surface area contributed by atoms with Gasteiger partial charge in [-0.05, 0) is 68.7 Å². The topological polar surface area (TPSA) is 158 Å². The first-order valence-corrected chi connectivity index (χ1v) is 13.4. The minimum Gasteiger partial charge on any atom is -0.397 e. The highest BCUT2D eigenvalue weighted by Crippen LogP contribution is 2.34. The summed E-state index contributed by atoms with van der Waals surface area (Å²) >= 11 is 0. The molecule has 0 spiro atoms. The Morgan fingerprint density at radius 3 is 2.56 bits per heavy atom. The highest BCUT2D eigenvalue weighted by molar-refractivity contribution is 6.35. The Morgan fingerprint density at radius 2 is 1.78 bits per heavy atom. The van der Waals surface area contributed by atoms with Gasteiger partial charge in [0, 0.05) is 35.6 Å². The van der Waals surface area contributed by atoms with E-state index < -0.39 is 11.7 Å². The molecule has 1 aliphatic rings. The molecule has 0 unspecified atom stereocenters. The zero-order valence-corrected chi connectivity index (χ0v) is 22.9. The fourth-order valence-electron chi connectivity index (χ4n) is 4.66. The van der Waals surface area contributed by atoms with Crippen LogP contribution < -0.4 is 27.0 Å². The average Bonchev–Trinajstić information content (AvgIpc) is 3.39. The zero-order valence-electron chi connectivity index (χ0n) is 22.9. The maximum absolute atomic E-state index is 13.8. The zero-order chi connectivity index (χ0) is 29.5. The van der Waals surface area contributed by atoms with Crippen molar-refractivity contribution in [1.82, 2.24) is 15.6 Å². The number of nitrogen functional groups attached to an aromatic ring is 1. The van der Waals surface area contributed by atoms with Crippen molar-refractivity contribution in [2.75, 3.05) is 29.5 Å². The van der Waals surface area contributed by atoms with Crippen LogP contribution in [0.4, 0.5) is 21.5 Å². The molecule has 2 aromatic carbocycles. The summed E-state index contributed by atoms with van der Waals surface area (Å²) in [5, 5.41) is 10.9. The highest BCUT2D eigenvalue weighted by atomic mass is 19.1. The van der Waals surface area contributed by atoms with Gasteiger partial charge in [0.1, 0.15) is 5.82 Å². The second kappa shape index (κ2) is 12.9. The number of nitrogens with two attached hydrogens (primary N) is 1. The number of aromatic amines is 1. The number of rotatable bonds is 11. The number of carbonyl (C=O) groups excluding carboxylic acids is 4. The Hall–Kier alpha value is -4.93. The molecule has 0 fully saturated rings. The molecular formula is C30H33FN6O4. The van der Waals surface area contributed by atoms with E-state index in [2.05, 4.69) is 26.3 Å². The van der Waals surface area contributed by atoms with E-state index in [1.54, 1.807) is 44.2 Å². The molecule has 41 heavy (non-hydrogen) atoms. The molecule has 0 aliphatic carbocycles. The number of benzene rings is 2. The van der Waals surface area contributed by atoms with E-state index in [1.807, 2.05) is 0 Å². The van der Waals surface area contributed by atoms with Gasteiger partial charge >= 0.3 is 0 Å². The van der Waals surface area contributed by atoms with Gasteiger partial charge in [0.05, 0.1) is 29.1 Å². The number of nitrogens with one attached hydrogen (secondary N) is 5. The van der Waals surface area contributed by atoms with Gasteiger partial charge in [0.15, 0.2) is 0 Å². The summed E-state index contributed by atoms with van der Waals surface area (Å²) in [5.41, 5.74) is 10.3. The van der Waals surface area contributed by atoms with Crippen LogP contribution in [0.5, 0.6) is 0 Å². The molecular weight excluding hydrogens is 527 g/mol. The van der Waals surface area contributed by atoms with Crippen molar-refractivity contribution in [1.29, 1.82) is 0 Å². The van der Waals surface area contributed by atoms with E-state index in [0.717, 1.165) is 6.42 Å². The Morgan fingerprint density at radius 1 is 1.00 bits per heavy atom. The lowest BCUT2D eigenvalue weighted by atomic mass is 10.0. The summed E-state index contributed by atoms with van der Waals surface area (Å²) in [7, 11) is 0. The first-order valence-electron chi connectivity index (χ1n) is 13.4. The Bertz CT molecular complexity index is 1530. The van der Waals surface area contributed by atoms with Gasteiger partial charge in [-0.15, -0.1) is 0 Å². The number of hydrogen-bond donors (Lipinski definition) is 6. The van der Waals surface area contributed by atoms with Crippen molar-refractivity contribution in [3.8, 4) is 0 Å². The minimum atomic E-state index is -0.457. The number of aryl methyl sites for hydroxylation is 1. The van der Waals surface area contributed by atoms with E-state index in [0.29, 0.717) is 70.9 Å². The average molecular weight is 561 g/mol. The Kier molecular flexibility index (Phi) is 9.18. The maximum Gasteiger partial charge on any atom is 0.256 e. The fraction of sp³-hybridized carbons (Fsp3) is 0.267. The standard InChI is InChI=1S/C30H33FN6O4/c1-17-25(15-21-20-14-19(31)11-12-23(20)37-29(21)40)35-18(2)28(17)30(41)34-16-27(39)33-13-7-3-4-10-26(38)36-24-9-6-5-8-22(24)32/h5-6,8-9,11-12,14-15,35H,3-4,7,10,13,16,32H2,1-2H3,(H,33,39)(H,34,41)(H,36,38)(H,37,40)/b21-15-. The summed E-state index contributed by atoms with van der Waals surface area (Å²) in [4.78, 5) is 52.7. The molecule has 11 heteroatoms. The van der Waals surface area contributed by atoms with E-state index in [9.17, 15) is 23.6 Å². The number of unbranched alkanes of at least 4 members (excludes halogenated alkanes) is 2. The number of aromatic nitrogens is 1. The van der Waals surface area contributed by atoms with Crippen molar-refractivity contribution < 1.29 is 23.6 Å². The number of carbonyl (C=O) groups is 4. The number of halogens is 1. The Balaban J connectivity index is 1.21. The van der Waals surface area contributed by atoms with Gasteiger partial charge in [0.2, 0.25) is 11.8 Å². The molecule has 2 heterocycles. The third-order valence-corrected chi connectivity index (χ3v) is 6.80. The molecule has 3 aromatic rings.